The molecule has 2 N–H and O–H groups in total. The Balaban J connectivity index is 1.88. The number of methoxy groups -OCH3 is 1. The first-order chi connectivity index (χ1) is 8.81. The van der Waals surface area contributed by atoms with Crippen molar-refractivity contribution in [1.29, 1.82) is 0 Å². The van der Waals surface area contributed by atoms with Crippen molar-refractivity contribution in [3.63, 3.8) is 0 Å². The quantitative estimate of drug-likeness (QED) is 0.773. The van der Waals surface area contributed by atoms with E-state index in [1.807, 2.05) is 0 Å². The summed E-state index contributed by atoms with van der Waals surface area (Å²) in [6.07, 6.45) is 3.78. The van der Waals surface area contributed by atoms with Gasteiger partial charge in [-0.25, -0.2) is 0 Å². The molecule has 0 aliphatic carbocycles. The average molecular weight is 255 g/mol. The van der Waals surface area contributed by atoms with Crippen LogP contribution in [0, 0.1) is 0 Å². The second kappa shape index (κ2) is 6.82. The van der Waals surface area contributed by atoms with Crippen LogP contribution in [0.15, 0.2) is 4.52 Å². The molecule has 2 rings (SSSR count). The van der Waals surface area contributed by atoms with Gasteiger partial charge in [-0.15, -0.1) is 0 Å². The summed E-state index contributed by atoms with van der Waals surface area (Å²) >= 11 is 0. The van der Waals surface area contributed by atoms with E-state index in [9.17, 15) is 0 Å². The number of ether oxygens (including phenoxy) is 2. The van der Waals surface area contributed by atoms with E-state index < -0.39 is 0 Å². The second-order valence-electron chi connectivity index (χ2n) is 4.65. The molecule has 1 aromatic rings. The SMILES string of the molecule is COCCCC(N)c1nc(C2CCCOC2)no1. The van der Waals surface area contributed by atoms with E-state index in [1.165, 1.54) is 0 Å². The number of hydrogen-bond donors (Lipinski definition) is 1. The first kappa shape index (κ1) is 13.5. The Morgan fingerprint density at radius 3 is 3.17 bits per heavy atom. The minimum Gasteiger partial charge on any atom is -0.385 e. The summed E-state index contributed by atoms with van der Waals surface area (Å²) in [6, 6.07) is -0.203. The molecular formula is C12H21N3O3. The molecule has 1 fully saturated rings. The van der Waals surface area contributed by atoms with E-state index in [2.05, 4.69) is 10.1 Å². The fourth-order valence-corrected chi connectivity index (χ4v) is 2.08. The molecule has 6 nitrogen and oxygen atoms in total. The van der Waals surface area contributed by atoms with Crippen LogP contribution in [0.2, 0.25) is 0 Å². The first-order valence-corrected chi connectivity index (χ1v) is 6.47. The predicted molar refractivity (Wildman–Crippen MR) is 65.1 cm³/mol. The zero-order valence-corrected chi connectivity index (χ0v) is 10.8. The third-order valence-electron chi connectivity index (χ3n) is 3.16. The third-order valence-corrected chi connectivity index (χ3v) is 3.16. The largest absolute Gasteiger partial charge is 0.385 e. The van der Waals surface area contributed by atoms with Gasteiger partial charge in [0.1, 0.15) is 0 Å². The van der Waals surface area contributed by atoms with Crippen LogP contribution in [0.1, 0.15) is 49.4 Å². The summed E-state index contributed by atoms with van der Waals surface area (Å²) in [5.41, 5.74) is 6.00. The van der Waals surface area contributed by atoms with Crippen LogP contribution in [0.25, 0.3) is 0 Å². The molecule has 2 atom stereocenters. The summed E-state index contributed by atoms with van der Waals surface area (Å²) in [6.45, 7) is 2.21. The topological polar surface area (TPSA) is 83.4 Å². The molecule has 102 valence electrons. The van der Waals surface area contributed by atoms with Gasteiger partial charge in [-0.1, -0.05) is 5.16 Å². The van der Waals surface area contributed by atoms with Crippen molar-refractivity contribution in [2.45, 2.75) is 37.6 Å². The highest BCUT2D eigenvalue weighted by molar-refractivity contribution is 4.99. The highest BCUT2D eigenvalue weighted by Gasteiger charge is 2.23. The van der Waals surface area contributed by atoms with Gasteiger partial charge >= 0.3 is 0 Å². The van der Waals surface area contributed by atoms with Crippen LogP contribution in [-0.2, 0) is 9.47 Å². The predicted octanol–water partition coefficient (Wildman–Crippen LogP) is 1.39. The molecular weight excluding hydrogens is 234 g/mol. The van der Waals surface area contributed by atoms with E-state index in [4.69, 9.17) is 19.7 Å². The average Bonchev–Trinajstić information content (AvgIpc) is 2.89. The fourth-order valence-electron chi connectivity index (χ4n) is 2.08. The van der Waals surface area contributed by atoms with Crippen LogP contribution in [0.3, 0.4) is 0 Å². The smallest absolute Gasteiger partial charge is 0.243 e. The summed E-state index contributed by atoms with van der Waals surface area (Å²) in [4.78, 5) is 4.39. The lowest BCUT2D eigenvalue weighted by Crippen LogP contribution is -2.17. The molecule has 0 radical (unpaired) electrons. The second-order valence-corrected chi connectivity index (χ2v) is 4.65. The summed E-state index contributed by atoms with van der Waals surface area (Å²) in [7, 11) is 1.68. The van der Waals surface area contributed by atoms with Gasteiger partial charge in [0.15, 0.2) is 5.82 Å². The maximum Gasteiger partial charge on any atom is 0.243 e. The van der Waals surface area contributed by atoms with Crippen molar-refractivity contribution in [2.75, 3.05) is 26.9 Å². The van der Waals surface area contributed by atoms with Crippen LogP contribution in [0.4, 0.5) is 0 Å². The number of hydrogen-bond acceptors (Lipinski definition) is 6. The summed E-state index contributed by atoms with van der Waals surface area (Å²) in [5, 5.41) is 4.01. The molecule has 6 heteroatoms. The van der Waals surface area contributed by atoms with Crippen LogP contribution >= 0.6 is 0 Å². The molecule has 1 aliphatic heterocycles. The Bertz CT molecular complexity index is 350. The van der Waals surface area contributed by atoms with Gasteiger partial charge in [0.25, 0.3) is 0 Å². The molecule has 1 aliphatic rings. The Morgan fingerprint density at radius 1 is 1.56 bits per heavy atom. The molecule has 2 heterocycles. The standard InChI is InChI=1S/C12H21N3O3/c1-16-6-3-5-10(13)12-14-11(15-18-12)9-4-2-7-17-8-9/h9-10H,2-8,13H2,1H3. The van der Waals surface area contributed by atoms with Crippen molar-refractivity contribution < 1.29 is 14.0 Å². The van der Waals surface area contributed by atoms with Gasteiger partial charge in [-0.05, 0) is 25.7 Å². The van der Waals surface area contributed by atoms with E-state index in [-0.39, 0.29) is 12.0 Å². The molecule has 0 amide bonds. The van der Waals surface area contributed by atoms with Gasteiger partial charge in [-0.3, -0.25) is 0 Å². The van der Waals surface area contributed by atoms with E-state index in [1.54, 1.807) is 7.11 Å². The molecule has 1 aromatic heterocycles. The van der Waals surface area contributed by atoms with Crippen molar-refractivity contribution in [2.24, 2.45) is 5.73 Å². The van der Waals surface area contributed by atoms with Crippen molar-refractivity contribution in [3.05, 3.63) is 11.7 Å². The van der Waals surface area contributed by atoms with Gasteiger partial charge in [-0.2, -0.15) is 4.98 Å². The van der Waals surface area contributed by atoms with E-state index >= 15 is 0 Å². The molecule has 0 aromatic carbocycles. The minimum absolute atomic E-state index is 0.203. The zero-order valence-electron chi connectivity index (χ0n) is 10.8. The van der Waals surface area contributed by atoms with Crippen LogP contribution in [0.5, 0.6) is 0 Å². The molecule has 0 spiro atoms. The minimum atomic E-state index is -0.203. The first-order valence-electron chi connectivity index (χ1n) is 6.47. The lowest BCUT2D eigenvalue weighted by atomic mass is 10.0. The van der Waals surface area contributed by atoms with Crippen molar-refractivity contribution >= 4 is 0 Å². The van der Waals surface area contributed by atoms with Crippen LogP contribution in [-0.4, -0.2) is 37.1 Å². The van der Waals surface area contributed by atoms with Crippen molar-refractivity contribution in [3.8, 4) is 0 Å². The lowest BCUT2D eigenvalue weighted by molar-refractivity contribution is 0.0773. The number of aromatic nitrogens is 2. The zero-order chi connectivity index (χ0) is 12.8. The Hall–Kier alpha value is -0.980. The monoisotopic (exact) mass is 255 g/mol. The Morgan fingerprint density at radius 2 is 2.44 bits per heavy atom. The molecule has 0 saturated carbocycles. The van der Waals surface area contributed by atoms with Gasteiger partial charge in [0.2, 0.25) is 5.89 Å². The number of nitrogens with two attached hydrogens (primary N) is 1. The van der Waals surface area contributed by atoms with Gasteiger partial charge in [0.05, 0.1) is 12.6 Å². The number of rotatable bonds is 6. The van der Waals surface area contributed by atoms with Gasteiger partial charge < -0.3 is 19.7 Å². The van der Waals surface area contributed by atoms with E-state index in [0.717, 1.165) is 38.1 Å². The molecule has 2 unspecified atom stereocenters. The Labute approximate surface area is 107 Å². The van der Waals surface area contributed by atoms with Crippen LogP contribution < -0.4 is 5.73 Å². The number of nitrogens with zero attached hydrogens (tertiary/aromatic N) is 2. The molecule has 0 bridgehead atoms. The normalized spacial score (nSPS) is 22.0. The highest BCUT2D eigenvalue weighted by Crippen LogP contribution is 2.24. The van der Waals surface area contributed by atoms with Gasteiger partial charge in [0, 0.05) is 26.2 Å². The summed E-state index contributed by atoms with van der Waals surface area (Å²) in [5.74, 6) is 1.50. The lowest BCUT2D eigenvalue weighted by Gasteiger charge is -2.18. The third kappa shape index (κ3) is 3.51. The maximum absolute atomic E-state index is 6.00. The van der Waals surface area contributed by atoms with E-state index in [0.29, 0.717) is 19.1 Å². The van der Waals surface area contributed by atoms with Crippen molar-refractivity contribution in [1.82, 2.24) is 10.1 Å². The Kier molecular flexibility index (Phi) is 5.10. The fraction of sp³-hybridized carbons (Fsp3) is 0.833. The molecule has 18 heavy (non-hydrogen) atoms. The summed E-state index contributed by atoms with van der Waals surface area (Å²) < 4.78 is 15.6. The highest BCUT2D eigenvalue weighted by atomic mass is 16.5. The maximum atomic E-state index is 6.00. The molecule has 1 saturated heterocycles.